The van der Waals surface area contributed by atoms with Crippen molar-refractivity contribution in [3.63, 3.8) is 0 Å². The third-order valence-corrected chi connectivity index (χ3v) is 7.65. The molecule has 4 aliphatic carbocycles. The first-order valence-electron chi connectivity index (χ1n) is 11.1. The van der Waals surface area contributed by atoms with Crippen molar-refractivity contribution in [2.24, 2.45) is 17.3 Å². The number of carbonyl (C=O) groups is 2. The highest BCUT2D eigenvalue weighted by Crippen LogP contribution is 2.62. The van der Waals surface area contributed by atoms with E-state index in [2.05, 4.69) is 10.3 Å². The largest absolute Gasteiger partial charge is 0.390 e. The van der Waals surface area contributed by atoms with E-state index in [1.54, 1.807) is 12.4 Å². The molecule has 2 N–H and O–H groups in total. The fraction of sp³-hybridized carbons (Fsp3) is 0.696. The topological polar surface area (TPSA) is 82.5 Å². The maximum Gasteiger partial charge on any atom is 0.223 e. The van der Waals surface area contributed by atoms with Gasteiger partial charge in [-0.3, -0.25) is 14.6 Å². The van der Waals surface area contributed by atoms with Crippen LogP contribution in [-0.4, -0.2) is 45.0 Å². The van der Waals surface area contributed by atoms with Gasteiger partial charge in [0.15, 0.2) is 0 Å². The highest BCUT2D eigenvalue weighted by Gasteiger charge is 2.57. The Labute approximate surface area is 172 Å². The van der Waals surface area contributed by atoms with Crippen LogP contribution in [-0.2, 0) is 16.1 Å². The zero-order valence-electron chi connectivity index (χ0n) is 17.0. The summed E-state index contributed by atoms with van der Waals surface area (Å²) in [6.07, 6.45) is 11.4. The van der Waals surface area contributed by atoms with Gasteiger partial charge in [0.1, 0.15) is 0 Å². The molecule has 4 bridgehead atoms. The lowest BCUT2D eigenvalue weighted by atomic mass is 9.47. The number of aliphatic hydroxyl groups is 1. The normalized spacial score (nSPS) is 37.6. The second kappa shape index (κ2) is 7.08. The summed E-state index contributed by atoms with van der Waals surface area (Å²) in [4.78, 5) is 31.3. The first kappa shape index (κ1) is 19.0. The zero-order valence-corrected chi connectivity index (χ0v) is 17.0. The van der Waals surface area contributed by atoms with Crippen molar-refractivity contribution in [1.29, 1.82) is 0 Å². The summed E-state index contributed by atoms with van der Waals surface area (Å²) < 4.78 is 0. The molecule has 5 fully saturated rings. The maximum atomic E-state index is 13.5. The van der Waals surface area contributed by atoms with E-state index in [1.807, 2.05) is 17.0 Å². The SMILES string of the molecule is O=C1CC[C@@H](CN(Cc2cccnc2)C(=O)CC23CC4CC(CC(O)(C4)C2)C3)N1. The van der Waals surface area contributed by atoms with Crippen molar-refractivity contribution in [3.8, 4) is 0 Å². The molecule has 4 saturated carbocycles. The third kappa shape index (κ3) is 3.91. The molecule has 2 heterocycles. The summed E-state index contributed by atoms with van der Waals surface area (Å²) in [6, 6.07) is 3.92. The molecule has 0 spiro atoms. The molecule has 1 saturated heterocycles. The third-order valence-electron chi connectivity index (χ3n) is 7.65. The molecular formula is C23H31N3O3. The number of nitrogens with zero attached hydrogens (tertiary/aromatic N) is 2. The van der Waals surface area contributed by atoms with Crippen molar-refractivity contribution in [2.75, 3.05) is 6.54 Å². The monoisotopic (exact) mass is 397 g/mol. The molecule has 0 radical (unpaired) electrons. The Balaban J connectivity index is 1.33. The highest BCUT2D eigenvalue weighted by atomic mass is 16.3. The molecule has 6 rings (SSSR count). The molecular weight excluding hydrogens is 366 g/mol. The predicted octanol–water partition coefficient (Wildman–Crippen LogP) is 2.41. The Morgan fingerprint density at radius 2 is 2.07 bits per heavy atom. The summed E-state index contributed by atoms with van der Waals surface area (Å²) in [7, 11) is 0. The van der Waals surface area contributed by atoms with Gasteiger partial charge >= 0.3 is 0 Å². The maximum absolute atomic E-state index is 13.5. The lowest BCUT2D eigenvalue weighted by Gasteiger charge is -2.60. The second-order valence-electron chi connectivity index (χ2n) is 10.3. The van der Waals surface area contributed by atoms with Crippen LogP contribution in [0, 0.1) is 17.3 Å². The van der Waals surface area contributed by atoms with E-state index in [1.165, 1.54) is 6.42 Å². The molecule has 1 aromatic rings. The van der Waals surface area contributed by atoms with Crippen LogP contribution in [0.3, 0.4) is 0 Å². The van der Waals surface area contributed by atoms with Gasteiger partial charge < -0.3 is 15.3 Å². The fourth-order valence-electron chi connectivity index (χ4n) is 7.09. The minimum absolute atomic E-state index is 0.0312. The molecule has 2 amide bonds. The summed E-state index contributed by atoms with van der Waals surface area (Å²) in [5.41, 5.74) is 0.425. The van der Waals surface area contributed by atoms with Gasteiger partial charge in [0, 0.05) is 44.4 Å². The smallest absolute Gasteiger partial charge is 0.223 e. The molecule has 5 aliphatic rings. The predicted molar refractivity (Wildman–Crippen MR) is 108 cm³/mol. The van der Waals surface area contributed by atoms with Gasteiger partial charge in [0.25, 0.3) is 0 Å². The molecule has 0 aromatic carbocycles. The fourth-order valence-corrected chi connectivity index (χ4v) is 7.09. The molecule has 29 heavy (non-hydrogen) atoms. The molecule has 1 aromatic heterocycles. The van der Waals surface area contributed by atoms with E-state index < -0.39 is 5.60 Å². The van der Waals surface area contributed by atoms with Crippen molar-refractivity contribution < 1.29 is 14.7 Å². The van der Waals surface area contributed by atoms with Crippen LogP contribution in [0.5, 0.6) is 0 Å². The number of nitrogens with one attached hydrogen (secondary N) is 1. The van der Waals surface area contributed by atoms with E-state index in [-0.39, 0.29) is 23.3 Å². The molecule has 6 nitrogen and oxygen atoms in total. The van der Waals surface area contributed by atoms with E-state index in [4.69, 9.17) is 0 Å². The van der Waals surface area contributed by atoms with Crippen LogP contribution in [0.4, 0.5) is 0 Å². The van der Waals surface area contributed by atoms with Crippen molar-refractivity contribution in [2.45, 2.75) is 76.0 Å². The molecule has 6 heteroatoms. The van der Waals surface area contributed by atoms with Gasteiger partial charge in [-0.15, -0.1) is 0 Å². The van der Waals surface area contributed by atoms with E-state index in [0.29, 0.717) is 37.8 Å². The van der Waals surface area contributed by atoms with Gasteiger partial charge in [-0.05, 0) is 73.8 Å². The van der Waals surface area contributed by atoms with E-state index in [9.17, 15) is 14.7 Å². The van der Waals surface area contributed by atoms with Gasteiger partial charge in [0.2, 0.25) is 11.8 Å². The average molecular weight is 398 g/mol. The lowest BCUT2D eigenvalue weighted by Crippen LogP contribution is -2.56. The van der Waals surface area contributed by atoms with Gasteiger partial charge in [-0.1, -0.05) is 6.07 Å². The van der Waals surface area contributed by atoms with Crippen molar-refractivity contribution >= 4 is 11.8 Å². The quantitative estimate of drug-likeness (QED) is 0.772. The number of carbonyl (C=O) groups excluding carboxylic acids is 2. The van der Waals surface area contributed by atoms with Gasteiger partial charge in [-0.2, -0.15) is 0 Å². The second-order valence-corrected chi connectivity index (χ2v) is 10.3. The van der Waals surface area contributed by atoms with Crippen LogP contribution in [0.2, 0.25) is 0 Å². The van der Waals surface area contributed by atoms with Crippen LogP contribution in [0.15, 0.2) is 24.5 Å². The average Bonchev–Trinajstić information content (AvgIpc) is 3.04. The Morgan fingerprint density at radius 1 is 1.28 bits per heavy atom. The molecule has 2 unspecified atom stereocenters. The van der Waals surface area contributed by atoms with Crippen molar-refractivity contribution in [1.82, 2.24) is 15.2 Å². The first-order chi connectivity index (χ1) is 13.9. The standard InChI is InChI=1S/C23H31N3O3/c27-20-4-3-19(25-20)14-26(13-16-2-1-5-24-12-16)21(28)11-22-7-17-6-18(8-22)10-23(29,9-17)15-22/h1-2,5,12,17-19,29H,3-4,6-11,13-15H2,(H,25,27)/t17?,18?,19-,22?,23?/m0/s1. The molecule has 1 aliphatic heterocycles. The summed E-state index contributed by atoms with van der Waals surface area (Å²) in [5.74, 6) is 1.39. The summed E-state index contributed by atoms with van der Waals surface area (Å²) >= 11 is 0. The van der Waals surface area contributed by atoms with E-state index in [0.717, 1.165) is 44.1 Å². The molecule has 156 valence electrons. The van der Waals surface area contributed by atoms with E-state index >= 15 is 0 Å². The minimum Gasteiger partial charge on any atom is -0.390 e. The number of rotatable bonds is 6. The molecule has 3 atom stereocenters. The first-order valence-corrected chi connectivity index (χ1v) is 11.1. The van der Waals surface area contributed by atoms with Crippen LogP contribution >= 0.6 is 0 Å². The van der Waals surface area contributed by atoms with Crippen LogP contribution < -0.4 is 5.32 Å². The Kier molecular flexibility index (Phi) is 4.65. The highest BCUT2D eigenvalue weighted by molar-refractivity contribution is 5.79. The lowest BCUT2D eigenvalue weighted by molar-refractivity contribution is -0.172. The van der Waals surface area contributed by atoms with Crippen LogP contribution in [0.25, 0.3) is 0 Å². The summed E-state index contributed by atoms with van der Waals surface area (Å²) in [6.45, 7) is 1.07. The number of amides is 2. The van der Waals surface area contributed by atoms with Crippen LogP contribution in [0.1, 0.15) is 63.4 Å². The van der Waals surface area contributed by atoms with Gasteiger partial charge in [-0.25, -0.2) is 0 Å². The van der Waals surface area contributed by atoms with Gasteiger partial charge in [0.05, 0.1) is 5.60 Å². The number of pyridine rings is 1. The Hall–Kier alpha value is -1.95. The summed E-state index contributed by atoms with van der Waals surface area (Å²) in [5, 5.41) is 14.0. The van der Waals surface area contributed by atoms with Crippen molar-refractivity contribution in [3.05, 3.63) is 30.1 Å². The number of hydrogen-bond donors (Lipinski definition) is 2. The zero-order chi connectivity index (χ0) is 20.1. The number of aromatic nitrogens is 1. The minimum atomic E-state index is -0.544. The Morgan fingerprint density at radius 3 is 2.69 bits per heavy atom. The Bertz CT molecular complexity index is 782. The number of hydrogen-bond acceptors (Lipinski definition) is 4.